The Morgan fingerprint density at radius 1 is 1.18 bits per heavy atom. The number of aryl methyl sites for hydroxylation is 1. The molecule has 7 heteroatoms. The molecule has 5 rings (SSSR count). The molecule has 4 heterocycles. The Morgan fingerprint density at radius 3 is 2.93 bits per heavy atom. The number of piperazine rings is 1. The first kappa shape index (κ1) is 16.9. The standard InChI is InChI=1S/C21H22N6O/c1-14-12-26(8-7-22-14)17-4-6-20-24-18(10-21(28)27(20)13-17)15-3-5-19-16(9-15)11-23-25(19)2/h3-6,9-11,13-14,22H,7-8,12H2,1-2H3/t14-/m0/s1. The minimum absolute atomic E-state index is 0.0729. The Labute approximate surface area is 162 Å². The number of anilines is 1. The van der Waals surface area contributed by atoms with Crippen molar-refractivity contribution in [1.29, 1.82) is 0 Å². The predicted octanol–water partition coefficient (Wildman–Crippen LogP) is 2.05. The zero-order valence-corrected chi connectivity index (χ0v) is 16.0. The van der Waals surface area contributed by atoms with Gasteiger partial charge in [-0.15, -0.1) is 0 Å². The second-order valence-electron chi connectivity index (χ2n) is 7.44. The maximum absolute atomic E-state index is 12.8. The van der Waals surface area contributed by atoms with Gasteiger partial charge in [0.2, 0.25) is 0 Å². The Kier molecular flexibility index (Phi) is 3.91. The number of hydrogen-bond acceptors (Lipinski definition) is 5. The minimum atomic E-state index is -0.0729. The Balaban J connectivity index is 1.56. The minimum Gasteiger partial charge on any atom is -0.368 e. The molecule has 1 atom stereocenters. The van der Waals surface area contributed by atoms with Crippen LogP contribution in [0, 0.1) is 0 Å². The summed E-state index contributed by atoms with van der Waals surface area (Å²) in [5.74, 6) is 0. The average Bonchev–Trinajstić information content (AvgIpc) is 3.08. The van der Waals surface area contributed by atoms with E-state index in [1.54, 1.807) is 10.5 Å². The van der Waals surface area contributed by atoms with Crippen molar-refractivity contribution in [2.24, 2.45) is 7.05 Å². The highest BCUT2D eigenvalue weighted by Crippen LogP contribution is 2.23. The van der Waals surface area contributed by atoms with Crippen LogP contribution in [-0.2, 0) is 7.05 Å². The van der Waals surface area contributed by atoms with Crippen LogP contribution in [0.25, 0.3) is 27.8 Å². The van der Waals surface area contributed by atoms with E-state index in [4.69, 9.17) is 4.98 Å². The molecule has 0 radical (unpaired) electrons. The molecule has 1 aromatic carbocycles. The van der Waals surface area contributed by atoms with Crippen LogP contribution >= 0.6 is 0 Å². The first-order valence-electron chi connectivity index (χ1n) is 9.52. The van der Waals surface area contributed by atoms with Gasteiger partial charge < -0.3 is 10.2 Å². The fourth-order valence-corrected chi connectivity index (χ4v) is 3.92. The highest BCUT2D eigenvalue weighted by Gasteiger charge is 2.17. The molecule has 0 spiro atoms. The molecule has 1 N–H and O–H groups in total. The normalized spacial score (nSPS) is 17.5. The largest absolute Gasteiger partial charge is 0.368 e. The van der Waals surface area contributed by atoms with Crippen LogP contribution in [0.15, 0.2) is 53.6 Å². The Morgan fingerprint density at radius 2 is 2.07 bits per heavy atom. The van der Waals surface area contributed by atoms with Crippen LogP contribution in [0.3, 0.4) is 0 Å². The molecule has 28 heavy (non-hydrogen) atoms. The van der Waals surface area contributed by atoms with Crippen LogP contribution in [-0.4, -0.2) is 44.8 Å². The Hall–Kier alpha value is -3.19. The first-order valence-corrected chi connectivity index (χ1v) is 9.52. The van der Waals surface area contributed by atoms with Crippen molar-refractivity contribution in [2.45, 2.75) is 13.0 Å². The van der Waals surface area contributed by atoms with E-state index in [9.17, 15) is 4.79 Å². The number of rotatable bonds is 2. The number of pyridine rings is 1. The smallest absolute Gasteiger partial charge is 0.258 e. The van der Waals surface area contributed by atoms with E-state index in [1.807, 2.05) is 54.5 Å². The number of fused-ring (bicyclic) bond motifs is 2. The van der Waals surface area contributed by atoms with Gasteiger partial charge in [-0.05, 0) is 31.2 Å². The molecule has 0 amide bonds. The lowest BCUT2D eigenvalue weighted by Gasteiger charge is -2.33. The fourth-order valence-electron chi connectivity index (χ4n) is 3.92. The van der Waals surface area contributed by atoms with Gasteiger partial charge in [0.1, 0.15) is 5.65 Å². The lowest BCUT2D eigenvalue weighted by molar-refractivity contribution is 0.484. The molecular weight excluding hydrogens is 352 g/mol. The van der Waals surface area contributed by atoms with Gasteiger partial charge in [-0.1, -0.05) is 6.07 Å². The van der Waals surface area contributed by atoms with Gasteiger partial charge in [0.05, 0.1) is 23.1 Å². The molecule has 0 bridgehead atoms. The SMILES string of the molecule is C[C@H]1CN(c2ccc3nc(-c4ccc5c(cnn5C)c4)cc(=O)n3c2)CCN1. The van der Waals surface area contributed by atoms with E-state index < -0.39 is 0 Å². The third kappa shape index (κ3) is 2.84. The second-order valence-corrected chi connectivity index (χ2v) is 7.44. The van der Waals surface area contributed by atoms with Crippen molar-refractivity contribution in [3.8, 4) is 11.3 Å². The van der Waals surface area contributed by atoms with Crippen molar-refractivity contribution in [1.82, 2.24) is 24.5 Å². The number of benzene rings is 1. The molecule has 3 aromatic heterocycles. The topological polar surface area (TPSA) is 67.5 Å². The number of nitrogens with one attached hydrogen (secondary N) is 1. The maximum Gasteiger partial charge on any atom is 0.258 e. The molecule has 1 aliphatic rings. The van der Waals surface area contributed by atoms with Gasteiger partial charge in [-0.3, -0.25) is 13.9 Å². The van der Waals surface area contributed by atoms with Gasteiger partial charge in [0, 0.05) is 55.9 Å². The molecule has 4 aromatic rings. The fraction of sp³-hybridized carbons (Fsp3) is 0.286. The van der Waals surface area contributed by atoms with Crippen LogP contribution in [0.2, 0.25) is 0 Å². The second kappa shape index (κ2) is 6.45. The van der Waals surface area contributed by atoms with E-state index in [2.05, 4.69) is 22.2 Å². The highest BCUT2D eigenvalue weighted by molar-refractivity contribution is 5.84. The van der Waals surface area contributed by atoms with Gasteiger partial charge in [-0.2, -0.15) is 5.10 Å². The van der Waals surface area contributed by atoms with E-state index in [0.29, 0.717) is 17.4 Å². The van der Waals surface area contributed by atoms with E-state index in [-0.39, 0.29) is 5.56 Å². The summed E-state index contributed by atoms with van der Waals surface area (Å²) in [5, 5.41) is 8.75. The molecular formula is C21H22N6O. The highest BCUT2D eigenvalue weighted by atomic mass is 16.1. The van der Waals surface area contributed by atoms with Crippen molar-refractivity contribution >= 4 is 22.2 Å². The average molecular weight is 374 g/mol. The van der Waals surface area contributed by atoms with Crippen LogP contribution in [0.5, 0.6) is 0 Å². The zero-order valence-electron chi connectivity index (χ0n) is 16.0. The quantitative estimate of drug-likeness (QED) is 0.582. The molecule has 0 aliphatic carbocycles. The third-order valence-corrected chi connectivity index (χ3v) is 5.42. The van der Waals surface area contributed by atoms with Crippen molar-refractivity contribution < 1.29 is 0 Å². The van der Waals surface area contributed by atoms with Gasteiger partial charge in [0.15, 0.2) is 0 Å². The monoisotopic (exact) mass is 374 g/mol. The summed E-state index contributed by atoms with van der Waals surface area (Å²) in [6.07, 6.45) is 3.73. The van der Waals surface area contributed by atoms with Crippen LogP contribution < -0.4 is 15.8 Å². The molecule has 1 saturated heterocycles. The summed E-state index contributed by atoms with van der Waals surface area (Å²) in [6.45, 7) is 4.98. The summed E-state index contributed by atoms with van der Waals surface area (Å²) in [5.41, 5.74) is 4.28. The Bertz CT molecular complexity index is 1240. The van der Waals surface area contributed by atoms with Crippen LogP contribution in [0.1, 0.15) is 6.92 Å². The summed E-state index contributed by atoms with van der Waals surface area (Å²) >= 11 is 0. The molecule has 0 saturated carbocycles. The third-order valence-electron chi connectivity index (χ3n) is 5.42. The molecule has 142 valence electrons. The number of aromatic nitrogens is 4. The lowest BCUT2D eigenvalue weighted by atomic mass is 10.1. The van der Waals surface area contributed by atoms with Crippen molar-refractivity contribution in [2.75, 3.05) is 24.5 Å². The van der Waals surface area contributed by atoms with E-state index in [1.165, 1.54) is 0 Å². The van der Waals surface area contributed by atoms with Crippen LogP contribution in [0.4, 0.5) is 5.69 Å². The van der Waals surface area contributed by atoms with Crippen molar-refractivity contribution in [3.05, 3.63) is 59.1 Å². The summed E-state index contributed by atoms with van der Waals surface area (Å²) in [7, 11) is 1.92. The summed E-state index contributed by atoms with van der Waals surface area (Å²) in [4.78, 5) is 19.8. The maximum atomic E-state index is 12.8. The van der Waals surface area contributed by atoms with Gasteiger partial charge in [-0.25, -0.2) is 4.98 Å². The zero-order chi connectivity index (χ0) is 19.3. The number of nitrogens with zero attached hydrogens (tertiary/aromatic N) is 5. The molecule has 0 unspecified atom stereocenters. The van der Waals surface area contributed by atoms with Gasteiger partial charge >= 0.3 is 0 Å². The van der Waals surface area contributed by atoms with E-state index in [0.717, 1.165) is 41.8 Å². The molecule has 7 nitrogen and oxygen atoms in total. The predicted molar refractivity (Wildman–Crippen MR) is 111 cm³/mol. The first-order chi connectivity index (χ1) is 13.6. The van der Waals surface area contributed by atoms with E-state index >= 15 is 0 Å². The molecule has 1 aliphatic heterocycles. The van der Waals surface area contributed by atoms with Crippen molar-refractivity contribution in [3.63, 3.8) is 0 Å². The summed E-state index contributed by atoms with van der Waals surface area (Å²) in [6, 6.07) is 12.0. The number of hydrogen-bond donors (Lipinski definition) is 1. The van der Waals surface area contributed by atoms with Gasteiger partial charge in [0.25, 0.3) is 5.56 Å². The summed E-state index contributed by atoms with van der Waals surface area (Å²) < 4.78 is 3.47. The molecule has 1 fully saturated rings. The lowest BCUT2D eigenvalue weighted by Crippen LogP contribution is -2.49.